The van der Waals surface area contributed by atoms with E-state index >= 15 is 0 Å². The Labute approximate surface area is 271 Å². The molecule has 1 saturated heterocycles. The fourth-order valence-corrected chi connectivity index (χ4v) is 5.73. The summed E-state index contributed by atoms with van der Waals surface area (Å²) in [6.07, 6.45) is 7.89. The Bertz CT molecular complexity index is 1210. The average molecular weight is 648 g/mol. The summed E-state index contributed by atoms with van der Waals surface area (Å²) in [6, 6.07) is 4.97. The van der Waals surface area contributed by atoms with Gasteiger partial charge in [-0.05, 0) is 37.8 Å². The highest BCUT2D eigenvalue weighted by Crippen LogP contribution is 2.27. The van der Waals surface area contributed by atoms with Gasteiger partial charge in [0.05, 0.1) is 59.8 Å². The van der Waals surface area contributed by atoms with Gasteiger partial charge in [-0.2, -0.15) is 15.0 Å². The van der Waals surface area contributed by atoms with E-state index in [9.17, 15) is 9.18 Å². The largest absolute Gasteiger partial charge is 0.494 e. The number of benzene rings is 1. The Morgan fingerprint density at radius 3 is 2.30 bits per heavy atom. The third-order valence-electron chi connectivity index (χ3n) is 8.30. The number of anilines is 4. The van der Waals surface area contributed by atoms with Crippen LogP contribution in [0.4, 0.5) is 27.9 Å². The summed E-state index contributed by atoms with van der Waals surface area (Å²) in [5, 5.41) is 6.48. The first-order chi connectivity index (χ1) is 22.5. The molecule has 13 nitrogen and oxygen atoms in total. The summed E-state index contributed by atoms with van der Waals surface area (Å²) in [5.74, 6) is 0.987. The van der Waals surface area contributed by atoms with Crippen molar-refractivity contribution in [3.63, 3.8) is 0 Å². The average Bonchev–Trinajstić information content (AvgIpc) is 3.55. The van der Waals surface area contributed by atoms with E-state index in [-0.39, 0.29) is 17.7 Å². The smallest absolute Gasteiger partial charge is 0.233 e. The van der Waals surface area contributed by atoms with Gasteiger partial charge in [-0.25, -0.2) is 4.39 Å². The molecule has 1 saturated carbocycles. The number of halogens is 1. The number of amides is 1. The molecule has 1 unspecified atom stereocenters. The van der Waals surface area contributed by atoms with Gasteiger partial charge in [0, 0.05) is 51.1 Å². The summed E-state index contributed by atoms with van der Waals surface area (Å²) >= 11 is 0. The fourth-order valence-electron chi connectivity index (χ4n) is 5.73. The van der Waals surface area contributed by atoms with Crippen molar-refractivity contribution in [3.05, 3.63) is 24.0 Å². The lowest BCUT2D eigenvalue weighted by atomic mass is 9.95. The van der Waals surface area contributed by atoms with E-state index in [1.807, 2.05) is 11.9 Å². The molecule has 2 fully saturated rings. The SMILES string of the molecule is COCCOCCOCCOCCC(=O)N1CCCC1CNc1nc(Nc2ccc(OC)c(F)c2)nc(N(C)C2CCCCC2)n1. The van der Waals surface area contributed by atoms with E-state index in [0.717, 1.165) is 25.7 Å². The third kappa shape index (κ3) is 11.2. The Morgan fingerprint density at radius 2 is 1.61 bits per heavy atom. The summed E-state index contributed by atoms with van der Waals surface area (Å²) in [4.78, 5) is 31.1. The molecule has 1 amide bonds. The third-order valence-corrected chi connectivity index (χ3v) is 8.30. The Morgan fingerprint density at radius 1 is 0.913 bits per heavy atom. The highest BCUT2D eigenvalue weighted by Gasteiger charge is 2.29. The molecule has 0 radical (unpaired) electrons. The molecule has 46 heavy (non-hydrogen) atoms. The number of methoxy groups -OCH3 is 2. The van der Waals surface area contributed by atoms with Crippen molar-refractivity contribution in [2.45, 2.75) is 63.5 Å². The summed E-state index contributed by atoms with van der Waals surface area (Å²) in [5.41, 5.74) is 0.495. The molecule has 1 atom stereocenters. The molecule has 14 heteroatoms. The van der Waals surface area contributed by atoms with Crippen molar-refractivity contribution in [1.82, 2.24) is 19.9 Å². The van der Waals surface area contributed by atoms with Gasteiger partial charge in [0.1, 0.15) is 0 Å². The van der Waals surface area contributed by atoms with E-state index in [1.165, 1.54) is 32.4 Å². The number of aromatic nitrogens is 3. The molecular weight excluding hydrogens is 597 g/mol. The van der Waals surface area contributed by atoms with Gasteiger partial charge < -0.3 is 44.1 Å². The number of ether oxygens (including phenoxy) is 5. The maximum Gasteiger partial charge on any atom is 0.233 e. The van der Waals surface area contributed by atoms with Crippen LogP contribution < -0.4 is 20.3 Å². The number of rotatable bonds is 20. The fraction of sp³-hybridized carbons (Fsp3) is 0.688. The monoisotopic (exact) mass is 647 g/mol. The van der Waals surface area contributed by atoms with Gasteiger partial charge in [0.25, 0.3) is 0 Å². The molecule has 1 aromatic heterocycles. The van der Waals surface area contributed by atoms with Gasteiger partial charge in [0.15, 0.2) is 11.6 Å². The van der Waals surface area contributed by atoms with Crippen LogP contribution in [0.2, 0.25) is 0 Å². The first kappa shape index (κ1) is 35.5. The second kappa shape index (κ2) is 19.4. The maximum absolute atomic E-state index is 14.4. The van der Waals surface area contributed by atoms with Crippen LogP contribution in [0.25, 0.3) is 0 Å². The van der Waals surface area contributed by atoms with E-state index in [0.29, 0.717) is 95.3 Å². The zero-order chi connectivity index (χ0) is 32.6. The molecule has 1 aliphatic heterocycles. The number of nitrogens with zero attached hydrogens (tertiary/aromatic N) is 5. The predicted molar refractivity (Wildman–Crippen MR) is 174 cm³/mol. The minimum absolute atomic E-state index is 0.0114. The van der Waals surface area contributed by atoms with Crippen LogP contribution in [-0.4, -0.2) is 118 Å². The summed E-state index contributed by atoms with van der Waals surface area (Å²) < 4.78 is 40.8. The maximum atomic E-state index is 14.4. The molecule has 2 aliphatic rings. The molecule has 0 bridgehead atoms. The van der Waals surface area contributed by atoms with Gasteiger partial charge in [-0.15, -0.1) is 0 Å². The van der Waals surface area contributed by atoms with Crippen LogP contribution in [0.15, 0.2) is 18.2 Å². The predicted octanol–water partition coefficient (Wildman–Crippen LogP) is 4.02. The number of hydrogen-bond acceptors (Lipinski definition) is 12. The molecule has 2 heterocycles. The second-order valence-electron chi connectivity index (χ2n) is 11.5. The molecular formula is C32H50FN7O6. The molecule has 0 spiro atoms. The number of likely N-dealkylation sites (tertiary alicyclic amines) is 1. The van der Waals surface area contributed by atoms with Gasteiger partial charge in [-0.3, -0.25) is 4.79 Å². The van der Waals surface area contributed by atoms with Crippen LogP contribution in [-0.2, 0) is 23.7 Å². The Hall–Kier alpha value is -3.33. The second-order valence-corrected chi connectivity index (χ2v) is 11.5. The van der Waals surface area contributed by atoms with E-state index < -0.39 is 5.82 Å². The number of hydrogen-bond donors (Lipinski definition) is 2. The standard InChI is InChI=1S/C32H50FN7O6/c1-39(25-8-5-4-6-9-25)32-37-30(36-31(38-32)35-24-11-12-28(43-3)27(33)22-24)34-23-26-10-7-14-40(26)29(41)13-15-44-18-19-46-21-20-45-17-16-42-2/h11-12,22,25-26H,4-10,13-21,23H2,1-3H3,(H2,34,35,36,37,38). The molecule has 2 N–H and O–H groups in total. The Kier molecular flexibility index (Phi) is 14.9. The minimum Gasteiger partial charge on any atom is -0.494 e. The van der Waals surface area contributed by atoms with E-state index in [4.69, 9.17) is 28.7 Å². The molecule has 2 aromatic rings. The summed E-state index contributed by atoms with van der Waals surface area (Å²) in [7, 11) is 5.07. The Balaban J connectivity index is 1.30. The highest BCUT2D eigenvalue weighted by molar-refractivity contribution is 5.77. The van der Waals surface area contributed by atoms with Crippen molar-refractivity contribution in [1.29, 1.82) is 0 Å². The first-order valence-electron chi connectivity index (χ1n) is 16.3. The molecule has 1 aliphatic carbocycles. The normalized spacial score (nSPS) is 16.9. The van der Waals surface area contributed by atoms with Crippen molar-refractivity contribution in [2.24, 2.45) is 0 Å². The highest BCUT2D eigenvalue weighted by atomic mass is 19.1. The van der Waals surface area contributed by atoms with Crippen molar-refractivity contribution in [3.8, 4) is 5.75 Å². The number of carbonyl (C=O) groups excluding carboxylic acids is 1. The lowest BCUT2D eigenvalue weighted by Crippen LogP contribution is -2.40. The number of carbonyl (C=O) groups is 1. The van der Waals surface area contributed by atoms with Crippen LogP contribution in [0.3, 0.4) is 0 Å². The van der Waals surface area contributed by atoms with Gasteiger partial charge in [0.2, 0.25) is 23.8 Å². The van der Waals surface area contributed by atoms with Crippen molar-refractivity contribution >= 4 is 29.4 Å². The van der Waals surface area contributed by atoms with E-state index in [2.05, 4.69) is 25.5 Å². The zero-order valence-corrected chi connectivity index (χ0v) is 27.5. The van der Waals surface area contributed by atoms with Gasteiger partial charge >= 0.3 is 0 Å². The van der Waals surface area contributed by atoms with Crippen LogP contribution in [0.1, 0.15) is 51.4 Å². The lowest BCUT2D eigenvalue weighted by molar-refractivity contribution is -0.133. The molecule has 1 aromatic carbocycles. The molecule has 4 rings (SSSR count). The first-order valence-corrected chi connectivity index (χ1v) is 16.3. The number of nitrogens with one attached hydrogen (secondary N) is 2. The van der Waals surface area contributed by atoms with Crippen molar-refractivity contribution < 1.29 is 32.9 Å². The van der Waals surface area contributed by atoms with Crippen LogP contribution in [0.5, 0.6) is 5.75 Å². The van der Waals surface area contributed by atoms with Crippen molar-refractivity contribution in [2.75, 3.05) is 96.1 Å². The van der Waals surface area contributed by atoms with Crippen LogP contribution >= 0.6 is 0 Å². The topological polar surface area (TPSA) is 132 Å². The van der Waals surface area contributed by atoms with Crippen LogP contribution in [0, 0.1) is 5.82 Å². The molecule has 256 valence electrons. The quantitative estimate of drug-likeness (QED) is 0.201. The van der Waals surface area contributed by atoms with Gasteiger partial charge in [-0.1, -0.05) is 19.3 Å². The zero-order valence-electron chi connectivity index (χ0n) is 27.5. The lowest BCUT2D eigenvalue weighted by Gasteiger charge is -2.31. The van der Waals surface area contributed by atoms with E-state index in [1.54, 1.807) is 19.2 Å². The minimum atomic E-state index is -0.483. The summed E-state index contributed by atoms with van der Waals surface area (Å²) in [6.45, 7) is 4.54.